The van der Waals surface area contributed by atoms with Crippen molar-refractivity contribution in [1.29, 1.82) is 0 Å². The maximum absolute atomic E-state index is 2.53. The van der Waals surface area contributed by atoms with Crippen molar-refractivity contribution in [2.24, 2.45) is 0 Å². The Morgan fingerprint density at radius 1 is 0.281 bits per heavy atom. The van der Waals surface area contributed by atoms with Crippen LogP contribution in [0.5, 0.6) is 0 Å². The lowest BCUT2D eigenvalue weighted by atomic mass is 9.76. The van der Waals surface area contributed by atoms with Gasteiger partial charge in [0.1, 0.15) is 0 Å². The summed E-state index contributed by atoms with van der Waals surface area (Å²) in [6.07, 6.45) is 22.6. The maximum Gasteiger partial charge on any atom is -0.000743 e. The summed E-state index contributed by atoms with van der Waals surface area (Å²) in [5, 5.41) is 8.15. The highest BCUT2D eigenvalue weighted by Crippen LogP contribution is 2.52. The predicted molar refractivity (Wildman–Crippen MR) is 283 cm³/mol. The van der Waals surface area contributed by atoms with E-state index >= 15 is 0 Å². The molecule has 64 heavy (non-hydrogen) atoms. The number of hydrogen-bond acceptors (Lipinski definition) is 0. The van der Waals surface area contributed by atoms with Crippen molar-refractivity contribution in [3.63, 3.8) is 0 Å². The van der Waals surface area contributed by atoms with Crippen molar-refractivity contribution in [2.45, 2.75) is 143 Å². The lowest BCUT2D eigenvalue weighted by Gasteiger charge is -2.27. The summed E-state index contributed by atoms with van der Waals surface area (Å²) in [6, 6.07) is 56.6. The van der Waals surface area contributed by atoms with E-state index in [2.05, 4.69) is 173 Å². The molecule has 0 atom stereocenters. The van der Waals surface area contributed by atoms with Crippen LogP contribution in [0.3, 0.4) is 0 Å². The average molecular weight is 841 g/mol. The highest BCUT2D eigenvalue weighted by Gasteiger charge is 2.26. The highest BCUT2D eigenvalue weighted by molar-refractivity contribution is 6.34. The van der Waals surface area contributed by atoms with E-state index in [1.807, 2.05) is 0 Å². The van der Waals surface area contributed by atoms with Gasteiger partial charge in [-0.2, -0.15) is 0 Å². The average Bonchev–Trinajstić information content (AvgIpc) is 3.35. The molecule has 0 aromatic heterocycles. The second-order valence-corrected chi connectivity index (χ2v) is 18.6. The summed E-state index contributed by atoms with van der Waals surface area (Å²) >= 11 is 0. The molecule has 0 radical (unpaired) electrons. The molecule has 0 N–H and O–H groups in total. The molecule has 328 valence electrons. The molecular weight excluding hydrogens is 769 g/mol. The molecule has 0 aliphatic heterocycles. The van der Waals surface area contributed by atoms with Crippen LogP contribution in [0.1, 0.15) is 140 Å². The monoisotopic (exact) mass is 841 g/mol. The topological polar surface area (TPSA) is 0 Å². The van der Waals surface area contributed by atoms with Gasteiger partial charge >= 0.3 is 0 Å². The van der Waals surface area contributed by atoms with Gasteiger partial charge in [0.15, 0.2) is 0 Å². The van der Waals surface area contributed by atoms with Crippen LogP contribution >= 0.6 is 0 Å². The number of unbranched alkanes of at least 4 members (excludes halogenated alkanes) is 12. The molecule has 0 nitrogen and oxygen atoms in total. The third-order valence-corrected chi connectivity index (χ3v) is 14.1. The van der Waals surface area contributed by atoms with Gasteiger partial charge in [-0.05, 0) is 144 Å². The largest absolute Gasteiger partial charge is 0.0654 e. The second-order valence-electron chi connectivity index (χ2n) is 18.6. The van der Waals surface area contributed by atoms with Crippen LogP contribution in [0.2, 0.25) is 0 Å². The molecule has 8 aromatic rings. The van der Waals surface area contributed by atoms with Crippen LogP contribution in [0.4, 0.5) is 0 Å². The SMILES string of the molecule is CCCCCCCCCCc1c(-c2ccc(CCCCCCCC)cc2)c(-c2ccccc2)c2c3cc(-c4ccc(CC)cc4)ccc3c3ccc(CC)cc3c2c1-c1ccccc1. The van der Waals surface area contributed by atoms with Crippen LogP contribution in [-0.4, -0.2) is 0 Å². The Morgan fingerprint density at radius 3 is 1.31 bits per heavy atom. The van der Waals surface area contributed by atoms with Crippen LogP contribution in [0.25, 0.3) is 76.8 Å². The van der Waals surface area contributed by atoms with E-state index in [0.717, 1.165) is 25.7 Å². The van der Waals surface area contributed by atoms with Crippen molar-refractivity contribution in [3.8, 4) is 44.5 Å². The molecule has 0 unspecified atom stereocenters. The summed E-state index contributed by atoms with van der Waals surface area (Å²) in [4.78, 5) is 0. The zero-order valence-electron chi connectivity index (χ0n) is 39.6. The third-order valence-electron chi connectivity index (χ3n) is 14.1. The Bertz CT molecular complexity index is 2720. The first-order valence-corrected chi connectivity index (χ1v) is 25.4. The van der Waals surface area contributed by atoms with Crippen LogP contribution < -0.4 is 0 Å². The second kappa shape index (κ2) is 22.4. The fourth-order valence-corrected chi connectivity index (χ4v) is 10.5. The van der Waals surface area contributed by atoms with E-state index in [9.17, 15) is 0 Å². The molecule has 0 saturated carbocycles. The summed E-state index contributed by atoms with van der Waals surface area (Å²) in [6.45, 7) is 9.17. The van der Waals surface area contributed by atoms with Gasteiger partial charge in [0.2, 0.25) is 0 Å². The van der Waals surface area contributed by atoms with Crippen molar-refractivity contribution in [3.05, 3.63) is 168 Å². The summed E-state index contributed by atoms with van der Waals surface area (Å²) in [7, 11) is 0. The zero-order chi connectivity index (χ0) is 44.1. The lowest BCUT2D eigenvalue weighted by molar-refractivity contribution is 0.576. The fourth-order valence-electron chi connectivity index (χ4n) is 10.5. The van der Waals surface area contributed by atoms with Gasteiger partial charge in [-0.25, -0.2) is 0 Å². The molecule has 0 fully saturated rings. The van der Waals surface area contributed by atoms with Crippen LogP contribution in [-0.2, 0) is 25.7 Å². The molecule has 8 aromatic carbocycles. The summed E-state index contributed by atoms with van der Waals surface area (Å²) in [5.41, 5.74) is 16.4. The van der Waals surface area contributed by atoms with Gasteiger partial charge in [0, 0.05) is 0 Å². The summed E-state index contributed by atoms with van der Waals surface area (Å²) in [5.74, 6) is 0. The Kier molecular flexibility index (Phi) is 15.8. The molecule has 0 heteroatoms. The number of benzene rings is 8. The molecule has 0 bridgehead atoms. The number of rotatable bonds is 22. The number of hydrogen-bond donors (Lipinski definition) is 0. The van der Waals surface area contributed by atoms with E-state index in [-0.39, 0.29) is 0 Å². The minimum atomic E-state index is 1.00. The fraction of sp³-hybridized carbons (Fsp3) is 0.344. The van der Waals surface area contributed by atoms with Crippen LogP contribution in [0, 0.1) is 0 Å². The first-order chi connectivity index (χ1) is 31.6. The predicted octanol–water partition coefficient (Wildman–Crippen LogP) is 19.5. The number of fused-ring (bicyclic) bond motifs is 6. The first kappa shape index (κ1) is 45.1. The van der Waals surface area contributed by atoms with Crippen molar-refractivity contribution < 1.29 is 0 Å². The minimum absolute atomic E-state index is 1.00. The Labute approximate surface area is 386 Å². The number of aryl methyl sites for hydroxylation is 3. The maximum atomic E-state index is 2.53. The Morgan fingerprint density at radius 2 is 0.719 bits per heavy atom. The van der Waals surface area contributed by atoms with Gasteiger partial charge in [-0.3, -0.25) is 0 Å². The molecule has 0 aliphatic rings. The molecule has 0 heterocycles. The van der Waals surface area contributed by atoms with E-state index in [1.54, 1.807) is 0 Å². The van der Waals surface area contributed by atoms with E-state index in [1.165, 1.54) is 189 Å². The van der Waals surface area contributed by atoms with Gasteiger partial charge in [0.05, 0.1) is 0 Å². The van der Waals surface area contributed by atoms with Crippen molar-refractivity contribution in [1.82, 2.24) is 0 Å². The molecule has 0 aliphatic carbocycles. The molecular formula is C64H72. The highest BCUT2D eigenvalue weighted by atomic mass is 14.3. The molecule has 0 spiro atoms. The molecule has 0 saturated heterocycles. The normalized spacial score (nSPS) is 11.6. The van der Waals surface area contributed by atoms with E-state index in [0.29, 0.717) is 0 Å². The molecule has 8 rings (SSSR count). The Balaban J connectivity index is 1.44. The van der Waals surface area contributed by atoms with Crippen molar-refractivity contribution >= 4 is 32.3 Å². The van der Waals surface area contributed by atoms with Gasteiger partial charge in [-0.15, -0.1) is 0 Å². The van der Waals surface area contributed by atoms with Crippen molar-refractivity contribution in [2.75, 3.05) is 0 Å². The van der Waals surface area contributed by atoms with Gasteiger partial charge in [-0.1, -0.05) is 244 Å². The quantitative estimate of drug-likeness (QED) is 0.0471. The first-order valence-electron chi connectivity index (χ1n) is 25.4. The van der Waals surface area contributed by atoms with Gasteiger partial charge < -0.3 is 0 Å². The zero-order valence-corrected chi connectivity index (χ0v) is 39.6. The van der Waals surface area contributed by atoms with Crippen LogP contribution in [0.15, 0.2) is 146 Å². The standard InChI is InChI=1S/C64H72/c1-5-9-11-13-15-16-18-26-32-57-60(53-40-35-49(36-41-53)27-21-17-14-12-10-6-2)62(52-30-24-20-25-31-52)64-59-46-54(50-38-33-47(7-3)34-39-50)42-44-56(59)55-43-37-48(8-4)45-58(55)63(64)61(57)51-28-22-19-23-29-51/h19-20,22-25,28-31,33-46H,5-18,21,26-27,32H2,1-4H3. The van der Waals surface area contributed by atoms with E-state index < -0.39 is 0 Å². The van der Waals surface area contributed by atoms with Gasteiger partial charge in [0.25, 0.3) is 0 Å². The minimum Gasteiger partial charge on any atom is -0.0654 e. The Hall–Kier alpha value is -5.46. The lowest BCUT2D eigenvalue weighted by Crippen LogP contribution is -2.03. The molecule has 0 amide bonds. The summed E-state index contributed by atoms with van der Waals surface area (Å²) < 4.78 is 0. The third kappa shape index (κ3) is 10.2. The van der Waals surface area contributed by atoms with E-state index in [4.69, 9.17) is 0 Å². The smallest absolute Gasteiger partial charge is 0.000743 e.